The fourth-order valence-electron chi connectivity index (χ4n) is 1.76. The first-order chi connectivity index (χ1) is 8.29. The van der Waals surface area contributed by atoms with Crippen LogP contribution in [0.3, 0.4) is 0 Å². The van der Waals surface area contributed by atoms with Crippen LogP contribution in [-0.2, 0) is 19.5 Å². The van der Waals surface area contributed by atoms with E-state index in [9.17, 15) is 0 Å². The Bertz CT molecular complexity index is 461. The van der Waals surface area contributed by atoms with Gasteiger partial charge in [0.05, 0.1) is 0 Å². The number of benzene rings is 1. The van der Waals surface area contributed by atoms with E-state index in [-0.39, 0.29) is 0 Å². The zero-order chi connectivity index (χ0) is 12.1. The number of halogens is 1. The lowest BCUT2D eigenvalue weighted by Crippen LogP contribution is -2.12. The van der Waals surface area contributed by atoms with Crippen molar-refractivity contribution in [2.45, 2.75) is 26.4 Å². The molecule has 1 aromatic heterocycles. The smallest absolute Gasteiger partial charge is 0.0305 e. The number of hydrogen-bond acceptors (Lipinski definition) is 2. The van der Waals surface area contributed by atoms with E-state index in [2.05, 4.69) is 70.5 Å². The molecule has 90 valence electrons. The summed E-state index contributed by atoms with van der Waals surface area (Å²) in [6, 6.07) is 10.9. The molecule has 1 heterocycles. The molecule has 3 heteroatoms. The third-order valence-electron chi connectivity index (χ3n) is 2.75. The molecule has 0 amide bonds. The van der Waals surface area contributed by atoms with Gasteiger partial charge in [-0.25, -0.2) is 0 Å². The van der Waals surface area contributed by atoms with E-state index in [4.69, 9.17) is 0 Å². The fourth-order valence-corrected chi connectivity index (χ4v) is 3.07. The SMILES string of the molecule is CCc1ccsc1CNCc1ccc(I)cc1. The first-order valence-corrected chi connectivity index (χ1v) is 7.76. The van der Waals surface area contributed by atoms with E-state index >= 15 is 0 Å². The van der Waals surface area contributed by atoms with E-state index in [1.807, 2.05) is 11.3 Å². The third kappa shape index (κ3) is 3.79. The van der Waals surface area contributed by atoms with Gasteiger partial charge in [-0.15, -0.1) is 11.3 Å². The van der Waals surface area contributed by atoms with Crippen molar-refractivity contribution in [1.29, 1.82) is 0 Å². The van der Waals surface area contributed by atoms with Crippen LogP contribution < -0.4 is 5.32 Å². The maximum Gasteiger partial charge on any atom is 0.0305 e. The van der Waals surface area contributed by atoms with Crippen LogP contribution in [-0.4, -0.2) is 0 Å². The molecule has 0 fully saturated rings. The highest BCUT2D eigenvalue weighted by Crippen LogP contribution is 2.17. The average Bonchev–Trinajstić information content (AvgIpc) is 2.79. The summed E-state index contributed by atoms with van der Waals surface area (Å²) >= 11 is 4.18. The lowest BCUT2D eigenvalue weighted by Gasteiger charge is -2.05. The Morgan fingerprint density at radius 2 is 1.88 bits per heavy atom. The molecular formula is C14H16INS. The molecule has 0 atom stereocenters. The van der Waals surface area contributed by atoms with Gasteiger partial charge in [0.25, 0.3) is 0 Å². The van der Waals surface area contributed by atoms with Gasteiger partial charge in [0.2, 0.25) is 0 Å². The largest absolute Gasteiger partial charge is 0.308 e. The molecule has 0 spiro atoms. The summed E-state index contributed by atoms with van der Waals surface area (Å²) in [6.45, 7) is 4.13. The van der Waals surface area contributed by atoms with E-state index < -0.39 is 0 Å². The summed E-state index contributed by atoms with van der Waals surface area (Å²) in [5, 5.41) is 5.69. The Labute approximate surface area is 120 Å². The standard InChI is InChI=1S/C14H16INS/c1-2-12-7-8-17-14(12)10-16-9-11-3-5-13(15)6-4-11/h3-8,16H,2,9-10H2,1H3. The molecule has 0 aliphatic heterocycles. The summed E-state index contributed by atoms with van der Waals surface area (Å²) in [5.74, 6) is 0. The van der Waals surface area contributed by atoms with Crippen LogP contribution in [0, 0.1) is 3.57 Å². The van der Waals surface area contributed by atoms with Gasteiger partial charge in [-0.1, -0.05) is 19.1 Å². The van der Waals surface area contributed by atoms with Crippen molar-refractivity contribution in [3.05, 3.63) is 55.3 Å². The summed E-state index contributed by atoms with van der Waals surface area (Å²) in [4.78, 5) is 1.47. The molecule has 2 aromatic rings. The Morgan fingerprint density at radius 3 is 2.59 bits per heavy atom. The second kappa shape index (κ2) is 6.52. The van der Waals surface area contributed by atoms with Crippen LogP contribution in [0.25, 0.3) is 0 Å². The van der Waals surface area contributed by atoms with Crippen molar-refractivity contribution in [2.24, 2.45) is 0 Å². The lowest BCUT2D eigenvalue weighted by molar-refractivity contribution is 0.697. The topological polar surface area (TPSA) is 12.0 Å². The molecular weight excluding hydrogens is 341 g/mol. The number of nitrogens with one attached hydrogen (secondary N) is 1. The van der Waals surface area contributed by atoms with Gasteiger partial charge in [0.15, 0.2) is 0 Å². The van der Waals surface area contributed by atoms with Crippen LogP contribution >= 0.6 is 33.9 Å². The van der Waals surface area contributed by atoms with Crippen molar-refractivity contribution < 1.29 is 0 Å². The van der Waals surface area contributed by atoms with Gasteiger partial charge in [0.1, 0.15) is 0 Å². The van der Waals surface area contributed by atoms with Gasteiger partial charge < -0.3 is 5.32 Å². The highest BCUT2D eigenvalue weighted by Gasteiger charge is 2.01. The normalized spacial score (nSPS) is 10.7. The van der Waals surface area contributed by atoms with E-state index in [1.165, 1.54) is 19.6 Å². The van der Waals surface area contributed by atoms with Gasteiger partial charge in [0, 0.05) is 21.5 Å². The molecule has 1 aromatic carbocycles. The van der Waals surface area contributed by atoms with E-state index in [1.54, 1.807) is 0 Å². The van der Waals surface area contributed by atoms with Crippen LogP contribution in [0.1, 0.15) is 22.9 Å². The predicted molar refractivity (Wildman–Crippen MR) is 83.4 cm³/mol. The van der Waals surface area contributed by atoms with Gasteiger partial charge in [-0.3, -0.25) is 0 Å². The minimum atomic E-state index is 0.942. The monoisotopic (exact) mass is 357 g/mol. The number of rotatable bonds is 5. The highest BCUT2D eigenvalue weighted by atomic mass is 127. The zero-order valence-corrected chi connectivity index (χ0v) is 12.8. The van der Waals surface area contributed by atoms with E-state index in [0.29, 0.717) is 0 Å². The molecule has 0 saturated heterocycles. The number of aryl methyl sites for hydroxylation is 1. The molecule has 0 aliphatic rings. The Balaban J connectivity index is 1.85. The summed E-state index contributed by atoms with van der Waals surface area (Å²) in [5.41, 5.74) is 2.82. The maximum absolute atomic E-state index is 3.51. The minimum absolute atomic E-state index is 0.942. The Kier molecular flexibility index (Phi) is 5.00. The molecule has 1 nitrogen and oxygen atoms in total. The summed E-state index contributed by atoms with van der Waals surface area (Å²) in [6.07, 6.45) is 1.13. The highest BCUT2D eigenvalue weighted by molar-refractivity contribution is 14.1. The van der Waals surface area contributed by atoms with Crippen LogP contribution in [0.4, 0.5) is 0 Å². The van der Waals surface area contributed by atoms with E-state index in [0.717, 1.165) is 19.5 Å². The van der Waals surface area contributed by atoms with Crippen molar-refractivity contribution in [3.63, 3.8) is 0 Å². The number of thiophene rings is 1. The molecule has 0 aliphatic carbocycles. The van der Waals surface area contributed by atoms with Crippen molar-refractivity contribution in [2.75, 3.05) is 0 Å². The lowest BCUT2D eigenvalue weighted by atomic mass is 10.2. The second-order valence-corrected chi connectivity index (χ2v) is 6.20. The summed E-state index contributed by atoms with van der Waals surface area (Å²) < 4.78 is 1.29. The molecule has 17 heavy (non-hydrogen) atoms. The third-order valence-corrected chi connectivity index (χ3v) is 4.43. The molecule has 1 N–H and O–H groups in total. The van der Waals surface area contributed by atoms with Crippen molar-refractivity contribution >= 4 is 33.9 Å². The first kappa shape index (κ1) is 13.1. The maximum atomic E-state index is 3.51. The van der Waals surface area contributed by atoms with Gasteiger partial charge in [-0.05, 0) is 63.7 Å². The molecule has 0 unspecified atom stereocenters. The second-order valence-electron chi connectivity index (χ2n) is 3.95. The predicted octanol–water partition coefficient (Wildman–Crippen LogP) is 4.20. The Morgan fingerprint density at radius 1 is 1.12 bits per heavy atom. The molecule has 0 saturated carbocycles. The fraction of sp³-hybridized carbons (Fsp3) is 0.286. The molecule has 2 rings (SSSR count). The van der Waals surface area contributed by atoms with Crippen LogP contribution in [0.5, 0.6) is 0 Å². The molecule has 0 bridgehead atoms. The van der Waals surface area contributed by atoms with Crippen LogP contribution in [0.15, 0.2) is 35.7 Å². The minimum Gasteiger partial charge on any atom is -0.308 e. The zero-order valence-electron chi connectivity index (χ0n) is 9.87. The van der Waals surface area contributed by atoms with Crippen molar-refractivity contribution in [3.8, 4) is 0 Å². The quantitative estimate of drug-likeness (QED) is 0.791. The van der Waals surface area contributed by atoms with Gasteiger partial charge in [-0.2, -0.15) is 0 Å². The first-order valence-electron chi connectivity index (χ1n) is 5.80. The Hall–Kier alpha value is -0.390. The summed E-state index contributed by atoms with van der Waals surface area (Å²) in [7, 11) is 0. The van der Waals surface area contributed by atoms with Crippen LogP contribution in [0.2, 0.25) is 0 Å². The number of hydrogen-bond donors (Lipinski definition) is 1. The van der Waals surface area contributed by atoms with Gasteiger partial charge >= 0.3 is 0 Å². The average molecular weight is 357 g/mol. The molecule has 0 radical (unpaired) electrons. The van der Waals surface area contributed by atoms with Crippen molar-refractivity contribution in [1.82, 2.24) is 5.32 Å².